The highest BCUT2D eigenvalue weighted by Gasteiger charge is 2.21. The van der Waals surface area contributed by atoms with Crippen molar-refractivity contribution in [2.24, 2.45) is 0 Å². The van der Waals surface area contributed by atoms with Crippen molar-refractivity contribution in [1.82, 2.24) is 10.3 Å². The number of nitrogens with one attached hydrogen (secondary N) is 1. The summed E-state index contributed by atoms with van der Waals surface area (Å²) in [4.78, 5) is 15.5. The Morgan fingerprint density at radius 1 is 1.64 bits per heavy atom. The highest BCUT2D eigenvalue weighted by Crippen LogP contribution is 2.25. The van der Waals surface area contributed by atoms with Crippen molar-refractivity contribution in [1.29, 1.82) is 0 Å². The van der Waals surface area contributed by atoms with E-state index < -0.39 is 0 Å². The Bertz CT molecular complexity index is 393. The summed E-state index contributed by atoms with van der Waals surface area (Å²) in [6, 6.07) is 1.56. The van der Waals surface area contributed by atoms with E-state index in [1.165, 1.54) is 7.11 Å². The van der Waals surface area contributed by atoms with Crippen molar-refractivity contribution in [3.8, 4) is 5.88 Å². The van der Waals surface area contributed by atoms with Crippen LogP contribution in [-0.2, 0) is 6.42 Å². The molecule has 0 saturated heterocycles. The van der Waals surface area contributed by atoms with Crippen LogP contribution in [0.25, 0.3) is 0 Å². The number of rotatable bonds is 1. The molecule has 0 atom stereocenters. The third kappa shape index (κ3) is 1.42. The van der Waals surface area contributed by atoms with Crippen LogP contribution in [0.2, 0.25) is 5.15 Å². The Balaban J connectivity index is 2.60. The zero-order valence-electron chi connectivity index (χ0n) is 7.63. The number of hydrogen-bond donors (Lipinski definition) is 1. The van der Waals surface area contributed by atoms with Crippen molar-refractivity contribution in [3.63, 3.8) is 0 Å². The Morgan fingerprint density at radius 2 is 2.43 bits per heavy atom. The molecule has 14 heavy (non-hydrogen) atoms. The Morgan fingerprint density at radius 3 is 3.14 bits per heavy atom. The number of hydrogen-bond acceptors (Lipinski definition) is 3. The molecule has 0 saturated carbocycles. The molecule has 2 rings (SSSR count). The van der Waals surface area contributed by atoms with Crippen molar-refractivity contribution >= 4 is 17.5 Å². The zero-order valence-corrected chi connectivity index (χ0v) is 8.39. The van der Waals surface area contributed by atoms with Gasteiger partial charge in [-0.05, 0) is 12.5 Å². The number of nitrogens with zero attached hydrogens (tertiary/aromatic N) is 1. The van der Waals surface area contributed by atoms with Gasteiger partial charge >= 0.3 is 0 Å². The molecular weight excluding hydrogens is 204 g/mol. The Hall–Kier alpha value is -1.29. The van der Waals surface area contributed by atoms with Gasteiger partial charge in [-0.3, -0.25) is 4.79 Å². The number of carbonyl (C=O) groups excluding carboxylic acids is 1. The zero-order chi connectivity index (χ0) is 10.1. The lowest BCUT2D eigenvalue weighted by molar-refractivity contribution is 0.0945. The molecule has 1 aromatic heterocycles. The molecule has 0 radical (unpaired) electrons. The number of amides is 1. The summed E-state index contributed by atoms with van der Waals surface area (Å²) in [7, 11) is 1.52. The topological polar surface area (TPSA) is 51.2 Å². The quantitative estimate of drug-likeness (QED) is 0.708. The second kappa shape index (κ2) is 3.46. The summed E-state index contributed by atoms with van der Waals surface area (Å²) >= 11 is 5.75. The summed E-state index contributed by atoms with van der Waals surface area (Å²) in [6.45, 7) is 0.617. The summed E-state index contributed by atoms with van der Waals surface area (Å²) in [5.41, 5.74) is 1.40. The molecule has 5 heteroatoms. The summed E-state index contributed by atoms with van der Waals surface area (Å²) < 4.78 is 5.07. The maximum atomic E-state index is 11.5. The van der Waals surface area contributed by atoms with Gasteiger partial charge in [-0.2, -0.15) is 0 Å². The molecule has 0 bridgehead atoms. The van der Waals surface area contributed by atoms with Crippen molar-refractivity contribution < 1.29 is 9.53 Å². The first-order chi connectivity index (χ1) is 6.72. The van der Waals surface area contributed by atoms with Gasteiger partial charge in [-0.25, -0.2) is 4.98 Å². The van der Waals surface area contributed by atoms with E-state index in [0.717, 1.165) is 12.0 Å². The van der Waals surface area contributed by atoms with Crippen LogP contribution < -0.4 is 10.1 Å². The number of ether oxygens (including phenoxy) is 1. The van der Waals surface area contributed by atoms with Crippen LogP contribution in [-0.4, -0.2) is 24.5 Å². The molecule has 0 spiro atoms. The molecular formula is C9H9ClN2O2. The number of carbonyl (C=O) groups is 1. The fourth-order valence-electron chi connectivity index (χ4n) is 1.53. The normalized spacial score (nSPS) is 14.6. The molecule has 0 aromatic carbocycles. The monoisotopic (exact) mass is 212 g/mol. The van der Waals surface area contributed by atoms with Crippen LogP contribution >= 0.6 is 11.6 Å². The molecule has 2 heterocycles. The molecule has 1 aliphatic heterocycles. The largest absolute Gasteiger partial charge is 0.481 e. The fourth-order valence-corrected chi connectivity index (χ4v) is 1.71. The Kier molecular flexibility index (Phi) is 2.29. The van der Waals surface area contributed by atoms with Crippen LogP contribution in [0.4, 0.5) is 0 Å². The maximum absolute atomic E-state index is 11.5. The number of pyridine rings is 1. The van der Waals surface area contributed by atoms with E-state index in [9.17, 15) is 4.79 Å². The lowest BCUT2D eigenvalue weighted by atomic mass is 10.0. The maximum Gasteiger partial charge on any atom is 0.251 e. The van der Waals surface area contributed by atoms with Gasteiger partial charge < -0.3 is 10.1 Å². The number of methoxy groups -OCH3 is 1. The van der Waals surface area contributed by atoms with Gasteiger partial charge in [0.15, 0.2) is 0 Å². The molecule has 1 aromatic rings. The molecule has 1 amide bonds. The van der Waals surface area contributed by atoms with Gasteiger partial charge in [0.05, 0.1) is 12.7 Å². The number of fused-ring (bicyclic) bond motifs is 1. The predicted octanol–water partition coefficient (Wildman–Crippen LogP) is 1.03. The molecule has 4 nitrogen and oxygen atoms in total. The van der Waals surface area contributed by atoms with Crippen molar-refractivity contribution in [3.05, 3.63) is 22.3 Å². The molecule has 1 N–H and O–H groups in total. The second-order valence-electron chi connectivity index (χ2n) is 2.99. The van der Waals surface area contributed by atoms with Crippen molar-refractivity contribution in [2.45, 2.75) is 6.42 Å². The van der Waals surface area contributed by atoms with Gasteiger partial charge in [-0.15, -0.1) is 0 Å². The molecule has 0 fully saturated rings. The van der Waals surface area contributed by atoms with Gasteiger partial charge in [0.25, 0.3) is 5.91 Å². The fraction of sp³-hybridized carbons (Fsp3) is 0.333. The number of halogens is 1. The van der Waals surface area contributed by atoms with E-state index in [1.807, 2.05) is 0 Å². The third-order valence-corrected chi connectivity index (χ3v) is 2.35. The van der Waals surface area contributed by atoms with E-state index in [4.69, 9.17) is 16.3 Å². The van der Waals surface area contributed by atoms with Crippen LogP contribution in [0.1, 0.15) is 15.9 Å². The van der Waals surface area contributed by atoms with Crippen LogP contribution in [0.5, 0.6) is 5.88 Å². The minimum atomic E-state index is -0.117. The number of aromatic nitrogens is 1. The third-order valence-electron chi connectivity index (χ3n) is 2.15. The first-order valence-corrected chi connectivity index (χ1v) is 4.62. The standard InChI is InChI=1S/C9H9ClN2O2/c1-14-9-5-2-3-11-8(13)6(5)4-7(10)12-9/h4H,2-3H2,1H3,(H,11,13). The van der Waals surface area contributed by atoms with Crippen LogP contribution in [0, 0.1) is 0 Å². The van der Waals surface area contributed by atoms with Gasteiger partial charge in [0.1, 0.15) is 5.15 Å². The second-order valence-corrected chi connectivity index (χ2v) is 3.37. The van der Waals surface area contributed by atoms with Crippen LogP contribution in [0.3, 0.4) is 0 Å². The van der Waals surface area contributed by atoms with E-state index in [2.05, 4.69) is 10.3 Å². The smallest absolute Gasteiger partial charge is 0.251 e. The highest BCUT2D eigenvalue weighted by molar-refractivity contribution is 6.29. The SMILES string of the molecule is COc1nc(Cl)cc2c1CCNC2=O. The van der Waals surface area contributed by atoms with Crippen molar-refractivity contribution in [2.75, 3.05) is 13.7 Å². The summed E-state index contributed by atoms with van der Waals surface area (Å²) in [5.74, 6) is 0.330. The average molecular weight is 213 g/mol. The molecule has 0 aliphatic carbocycles. The molecule has 0 unspecified atom stereocenters. The predicted molar refractivity (Wildman–Crippen MR) is 51.8 cm³/mol. The van der Waals surface area contributed by atoms with Gasteiger partial charge in [0, 0.05) is 12.1 Å². The first kappa shape index (κ1) is 9.27. The Labute approximate surface area is 86.2 Å². The lowest BCUT2D eigenvalue weighted by Gasteiger charge is -2.18. The highest BCUT2D eigenvalue weighted by atomic mass is 35.5. The van der Waals surface area contributed by atoms with E-state index in [0.29, 0.717) is 18.0 Å². The average Bonchev–Trinajstić information content (AvgIpc) is 2.18. The first-order valence-electron chi connectivity index (χ1n) is 4.24. The van der Waals surface area contributed by atoms with Gasteiger partial charge in [0.2, 0.25) is 5.88 Å². The van der Waals surface area contributed by atoms with Crippen LogP contribution in [0.15, 0.2) is 6.07 Å². The van der Waals surface area contributed by atoms with E-state index >= 15 is 0 Å². The van der Waals surface area contributed by atoms with Gasteiger partial charge in [-0.1, -0.05) is 11.6 Å². The minimum absolute atomic E-state index is 0.117. The summed E-state index contributed by atoms with van der Waals surface area (Å²) in [6.07, 6.45) is 0.731. The molecule has 1 aliphatic rings. The van der Waals surface area contributed by atoms with E-state index in [-0.39, 0.29) is 11.1 Å². The lowest BCUT2D eigenvalue weighted by Crippen LogP contribution is -2.32. The molecule has 74 valence electrons. The van der Waals surface area contributed by atoms with E-state index in [1.54, 1.807) is 6.07 Å². The minimum Gasteiger partial charge on any atom is -0.481 e. The summed E-state index contributed by atoms with van der Waals surface area (Å²) in [5, 5.41) is 3.01.